The highest BCUT2D eigenvalue weighted by Gasteiger charge is 2.21. The third-order valence-corrected chi connectivity index (χ3v) is 7.16. The predicted octanol–water partition coefficient (Wildman–Crippen LogP) is 11.5. The molecule has 0 unspecified atom stereocenters. The lowest BCUT2D eigenvalue weighted by Crippen LogP contribution is -2.12. The molecular formula is C53H91IO22. The Morgan fingerprint density at radius 3 is 0.855 bits per heavy atom. The van der Waals surface area contributed by atoms with Crippen molar-refractivity contribution in [1.82, 2.24) is 0 Å². The van der Waals surface area contributed by atoms with Crippen molar-refractivity contribution in [2.75, 3.05) is 4.43 Å². The van der Waals surface area contributed by atoms with Crippen LogP contribution in [-0.4, -0.2) is 126 Å². The van der Waals surface area contributed by atoms with E-state index >= 15 is 0 Å². The molecule has 0 spiro atoms. The van der Waals surface area contributed by atoms with E-state index in [1.807, 2.05) is 78.9 Å². The highest BCUT2D eigenvalue weighted by molar-refractivity contribution is 14.1. The first kappa shape index (κ1) is 97.8. The fourth-order valence-corrected chi connectivity index (χ4v) is 4.18. The number of hydrogen-bond acceptors (Lipinski definition) is 11. The van der Waals surface area contributed by atoms with E-state index in [0.29, 0.717) is 12.3 Å². The molecule has 0 radical (unpaired) electrons. The molecule has 0 saturated heterocycles. The second kappa shape index (κ2) is 67.6. The quantitative estimate of drug-likeness (QED) is 0.0700. The number of rotatable bonds is 9. The standard InChI is InChI=1S/C14H12O2.C8H14O2.C8H8O2.C4H8O2.C2H3IO2.6C2H4O2.5CH4.H2/c15-14(16)13(11-7-3-1-4-8-11)12-9-5-2-6-10-12;2*9-8(10)6-7-4-2-1-3-5-7;1-3(2)4(5)6;3-1-2(4)5;6*1-2(3)4;;;;;;/h1-10,13H,(H,15,16);7H,1-6H2,(H,9,10);1-5H,6H2,(H,9,10);3H,1-2H3,(H,5,6);1H2,(H,4,5);6*1H3,(H,3,4);5*1H4;1H. The topological polar surface area (TPSA) is 410 Å². The van der Waals surface area contributed by atoms with Crippen LogP contribution in [0, 0.1) is 11.8 Å². The van der Waals surface area contributed by atoms with Gasteiger partial charge in [-0.25, -0.2) is 0 Å². The molecule has 4 rings (SSSR count). The molecule has 0 amide bonds. The summed E-state index contributed by atoms with van der Waals surface area (Å²) >= 11 is 1.78. The number of benzene rings is 3. The Balaban J connectivity index is -0.0000000553. The monoisotopic (exact) mass is 1210 g/mol. The molecule has 0 heterocycles. The number of halogens is 1. The second-order valence-corrected chi connectivity index (χ2v) is 14.6. The Labute approximate surface area is 464 Å². The molecule has 0 aliphatic heterocycles. The predicted molar refractivity (Wildman–Crippen MR) is 304 cm³/mol. The molecule has 3 aromatic rings. The Bertz CT molecular complexity index is 1770. The van der Waals surface area contributed by atoms with Crippen LogP contribution in [0.3, 0.4) is 0 Å². The number of carboxylic acids is 11. The zero-order chi connectivity index (χ0) is 57.1. The van der Waals surface area contributed by atoms with E-state index in [1.165, 1.54) is 19.3 Å². The molecule has 0 aromatic heterocycles. The van der Waals surface area contributed by atoms with E-state index in [1.54, 1.807) is 48.6 Å². The van der Waals surface area contributed by atoms with Crippen molar-refractivity contribution in [3.05, 3.63) is 108 Å². The van der Waals surface area contributed by atoms with Crippen molar-refractivity contribution >= 4 is 88.3 Å². The summed E-state index contributed by atoms with van der Waals surface area (Å²) in [5, 5.41) is 86.3. The molecule has 3 aromatic carbocycles. The molecule has 1 saturated carbocycles. The molecule has 23 heteroatoms. The molecule has 22 nitrogen and oxygen atoms in total. The number of carbonyl (C=O) groups is 11. The molecule has 1 aliphatic carbocycles. The molecule has 1 fully saturated rings. The average Bonchev–Trinajstić information content (AvgIpc) is 3.22. The molecule has 11 N–H and O–H groups in total. The number of hydrogen-bond donors (Lipinski definition) is 11. The van der Waals surface area contributed by atoms with Gasteiger partial charge in [0.05, 0.1) is 16.8 Å². The highest BCUT2D eigenvalue weighted by Crippen LogP contribution is 2.26. The van der Waals surface area contributed by atoms with Crippen LogP contribution in [0.4, 0.5) is 0 Å². The van der Waals surface area contributed by atoms with Crippen molar-refractivity contribution < 1.29 is 110 Å². The SMILES string of the molecule is C.C.C.C.C.CC(=O)O.CC(=O)O.CC(=O)O.CC(=O)O.CC(=O)O.CC(=O)O.CC(C)C(=O)O.O=C(O)C(c1ccccc1)c1ccccc1.O=C(O)CC1CCCCC1.O=C(O)CI.O=C(O)Cc1ccccc1.[HH]. The van der Waals surface area contributed by atoms with Crippen molar-refractivity contribution in [2.24, 2.45) is 11.8 Å². The zero-order valence-corrected chi connectivity index (χ0v) is 43.0. The van der Waals surface area contributed by atoms with Crippen molar-refractivity contribution in [3.63, 3.8) is 0 Å². The normalized spacial score (nSPS) is 9.30. The first-order chi connectivity index (χ1) is 32.7. The van der Waals surface area contributed by atoms with Crippen LogP contribution in [0.2, 0.25) is 0 Å². The number of carboxylic acid groups (broad SMARTS) is 11. The summed E-state index contributed by atoms with van der Waals surface area (Å²) in [6, 6.07) is 27.7. The van der Waals surface area contributed by atoms with E-state index in [-0.39, 0.29) is 55.3 Å². The maximum Gasteiger partial charge on any atom is 0.315 e. The molecule has 0 atom stereocenters. The maximum absolute atomic E-state index is 11.3. The Kier molecular flexibility index (Phi) is 87.0. The third-order valence-electron chi connectivity index (χ3n) is 6.51. The number of aliphatic carboxylic acids is 11. The van der Waals surface area contributed by atoms with Crippen LogP contribution >= 0.6 is 22.6 Å². The molecular weight excluding hydrogens is 1120 g/mol. The second-order valence-electron chi connectivity index (χ2n) is 13.9. The Morgan fingerprint density at radius 2 is 0.671 bits per heavy atom. The number of alkyl halides is 1. The summed E-state index contributed by atoms with van der Waals surface area (Å²) in [6.07, 6.45) is 6.53. The maximum atomic E-state index is 11.3. The van der Waals surface area contributed by atoms with Crippen LogP contribution in [0.1, 0.15) is 155 Å². The summed E-state index contributed by atoms with van der Waals surface area (Å²) < 4.78 is 0.192. The highest BCUT2D eigenvalue weighted by atomic mass is 127. The van der Waals surface area contributed by atoms with E-state index < -0.39 is 71.6 Å². The van der Waals surface area contributed by atoms with E-state index in [4.69, 9.17) is 79.8 Å². The average molecular weight is 1210 g/mol. The third kappa shape index (κ3) is 112. The van der Waals surface area contributed by atoms with Crippen LogP contribution in [0.25, 0.3) is 0 Å². The van der Waals surface area contributed by atoms with E-state index in [2.05, 4.69) is 0 Å². The van der Waals surface area contributed by atoms with Gasteiger partial charge in [-0.3, -0.25) is 52.7 Å². The molecule has 76 heavy (non-hydrogen) atoms. The van der Waals surface area contributed by atoms with Crippen LogP contribution in [0.15, 0.2) is 91.0 Å². The smallest absolute Gasteiger partial charge is 0.315 e. The van der Waals surface area contributed by atoms with Gasteiger partial charge in [-0.1, -0.05) is 184 Å². The largest absolute Gasteiger partial charge is 0.481 e. The van der Waals surface area contributed by atoms with Crippen LogP contribution < -0.4 is 0 Å². The Hall–Kier alpha value is -7.44. The summed E-state index contributed by atoms with van der Waals surface area (Å²) in [4.78, 5) is 105. The van der Waals surface area contributed by atoms with Gasteiger partial charge in [0.25, 0.3) is 35.8 Å². The zero-order valence-electron chi connectivity index (χ0n) is 40.8. The molecule has 0 bridgehead atoms. The van der Waals surface area contributed by atoms with Gasteiger partial charge in [-0.15, -0.1) is 0 Å². The van der Waals surface area contributed by atoms with Crippen molar-refractivity contribution in [2.45, 2.75) is 143 Å². The van der Waals surface area contributed by atoms with Gasteiger partial charge in [0, 0.05) is 49.4 Å². The Morgan fingerprint density at radius 1 is 0.434 bits per heavy atom. The lowest BCUT2D eigenvalue weighted by molar-refractivity contribution is -0.141. The van der Waals surface area contributed by atoms with Gasteiger partial charge < -0.3 is 56.2 Å². The van der Waals surface area contributed by atoms with Gasteiger partial charge >= 0.3 is 29.8 Å². The van der Waals surface area contributed by atoms with Gasteiger partial charge in [0.2, 0.25) is 0 Å². The lowest BCUT2D eigenvalue weighted by atomic mass is 9.87. The summed E-state index contributed by atoms with van der Waals surface area (Å²) in [6.45, 7) is 9.78. The molecule has 1 aliphatic rings. The van der Waals surface area contributed by atoms with Gasteiger partial charge in [-0.05, 0) is 35.4 Å². The van der Waals surface area contributed by atoms with Crippen molar-refractivity contribution in [3.8, 4) is 0 Å². The minimum Gasteiger partial charge on any atom is -0.481 e. The van der Waals surface area contributed by atoms with Gasteiger partial charge in [0.15, 0.2) is 0 Å². The summed E-state index contributed by atoms with van der Waals surface area (Å²) in [5.74, 6) is -9.07. The first-order valence-corrected chi connectivity index (χ1v) is 22.2. The van der Waals surface area contributed by atoms with E-state index in [0.717, 1.165) is 71.1 Å². The minimum absolute atomic E-state index is 0. The van der Waals surface area contributed by atoms with Gasteiger partial charge in [-0.2, -0.15) is 0 Å². The van der Waals surface area contributed by atoms with E-state index in [9.17, 15) is 29.1 Å². The lowest BCUT2D eigenvalue weighted by Gasteiger charge is -2.18. The first-order valence-electron chi connectivity index (χ1n) is 20.7. The summed E-state index contributed by atoms with van der Waals surface area (Å²) in [5.41, 5.74) is 2.46. The van der Waals surface area contributed by atoms with Gasteiger partial charge in [0.1, 0.15) is 5.92 Å². The van der Waals surface area contributed by atoms with Crippen molar-refractivity contribution in [1.29, 1.82) is 0 Å². The fraction of sp³-hybridized carbons (Fsp3) is 0.453. The minimum atomic E-state index is -0.833. The van der Waals surface area contributed by atoms with Crippen LogP contribution in [-0.2, 0) is 59.2 Å². The molecule has 442 valence electrons. The fourth-order valence-electron chi connectivity index (χ4n) is 4.18. The summed E-state index contributed by atoms with van der Waals surface area (Å²) in [7, 11) is 0. The van der Waals surface area contributed by atoms with Crippen LogP contribution in [0.5, 0.6) is 0 Å².